The Morgan fingerprint density at radius 2 is 2.25 bits per heavy atom. The predicted molar refractivity (Wildman–Crippen MR) is 34.7 cm³/mol. The summed E-state index contributed by atoms with van der Waals surface area (Å²) in [4.78, 5) is 0. The van der Waals surface area contributed by atoms with Crippen molar-refractivity contribution >= 4 is 11.6 Å². The molecule has 0 aliphatic carbocycles. The maximum Gasteiger partial charge on any atom is 0.0699 e. The van der Waals surface area contributed by atoms with Crippen LogP contribution in [-0.2, 0) is 0 Å². The lowest BCUT2D eigenvalue weighted by Gasteiger charge is -2.13. The first-order valence-electron chi connectivity index (χ1n) is 2.66. The van der Waals surface area contributed by atoms with Gasteiger partial charge in [-0.25, -0.2) is 0 Å². The molecule has 0 aliphatic heterocycles. The smallest absolute Gasteiger partial charge is 0.0699 e. The molecule has 0 aromatic heterocycles. The van der Waals surface area contributed by atoms with Gasteiger partial charge in [0.05, 0.1) is 11.5 Å². The molecule has 0 N–H and O–H groups in total. The van der Waals surface area contributed by atoms with Crippen LogP contribution in [-0.4, -0.2) is 5.88 Å². The van der Waals surface area contributed by atoms with Gasteiger partial charge in [-0.15, -0.1) is 11.6 Å². The van der Waals surface area contributed by atoms with Crippen LogP contribution in [0, 0.1) is 16.7 Å². The summed E-state index contributed by atoms with van der Waals surface area (Å²) >= 11 is 5.49. The molecule has 0 rings (SSSR count). The summed E-state index contributed by atoms with van der Waals surface area (Å²) in [6.45, 7) is 3.82. The summed E-state index contributed by atoms with van der Waals surface area (Å²) in [7, 11) is 0. The second-order valence-corrected chi connectivity index (χ2v) is 2.43. The van der Waals surface area contributed by atoms with Gasteiger partial charge in [0, 0.05) is 5.88 Å². The third kappa shape index (κ3) is 1.71. The first-order chi connectivity index (χ1) is 3.68. The molecule has 1 unspecified atom stereocenters. The van der Waals surface area contributed by atoms with Crippen LogP contribution in [0.25, 0.3) is 0 Å². The van der Waals surface area contributed by atoms with E-state index in [4.69, 9.17) is 16.9 Å². The van der Waals surface area contributed by atoms with Gasteiger partial charge in [-0.2, -0.15) is 5.26 Å². The second kappa shape index (κ2) is 2.94. The Kier molecular flexibility index (Phi) is 2.86. The zero-order valence-electron chi connectivity index (χ0n) is 5.24. The van der Waals surface area contributed by atoms with Gasteiger partial charge in [0.2, 0.25) is 0 Å². The molecule has 2 heteroatoms. The van der Waals surface area contributed by atoms with Crippen molar-refractivity contribution in [2.75, 3.05) is 5.88 Å². The zero-order valence-corrected chi connectivity index (χ0v) is 6.00. The van der Waals surface area contributed by atoms with Crippen LogP contribution in [0.4, 0.5) is 0 Å². The van der Waals surface area contributed by atoms with Crippen molar-refractivity contribution in [3.63, 3.8) is 0 Å². The van der Waals surface area contributed by atoms with E-state index in [1.54, 1.807) is 0 Å². The average molecular weight is 132 g/mol. The fraction of sp³-hybridized carbons (Fsp3) is 0.833. The molecule has 0 aliphatic rings. The monoisotopic (exact) mass is 131 g/mol. The number of rotatable bonds is 2. The van der Waals surface area contributed by atoms with E-state index in [1.165, 1.54) is 0 Å². The minimum Gasteiger partial charge on any atom is -0.198 e. The van der Waals surface area contributed by atoms with E-state index >= 15 is 0 Å². The van der Waals surface area contributed by atoms with E-state index in [0.29, 0.717) is 5.88 Å². The minimum atomic E-state index is -0.304. The number of halogens is 1. The van der Waals surface area contributed by atoms with E-state index < -0.39 is 0 Å². The van der Waals surface area contributed by atoms with Crippen LogP contribution in [0.5, 0.6) is 0 Å². The summed E-state index contributed by atoms with van der Waals surface area (Å²) in [6, 6.07) is 2.15. The van der Waals surface area contributed by atoms with E-state index in [1.807, 2.05) is 13.8 Å². The number of alkyl halides is 1. The first kappa shape index (κ1) is 7.78. The molecule has 8 heavy (non-hydrogen) atoms. The summed E-state index contributed by atoms with van der Waals surface area (Å²) in [5.74, 6) is 0.431. The van der Waals surface area contributed by atoms with Gasteiger partial charge in [0.15, 0.2) is 0 Å². The normalized spacial score (nSPS) is 16.8. The maximum atomic E-state index is 8.45. The lowest BCUT2D eigenvalue weighted by molar-refractivity contribution is 0.484. The van der Waals surface area contributed by atoms with E-state index in [-0.39, 0.29) is 5.41 Å². The van der Waals surface area contributed by atoms with Crippen LogP contribution >= 0.6 is 11.6 Å². The first-order valence-corrected chi connectivity index (χ1v) is 3.19. The SMILES string of the molecule is CCC(C)(C#N)CCl. The quantitative estimate of drug-likeness (QED) is 0.527. The Balaban J connectivity index is 3.83. The van der Waals surface area contributed by atoms with E-state index in [2.05, 4.69) is 6.07 Å². The van der Waals surface area contributed by atoms with Crippen LogP contribution in [0.3, 0.4) is 0 Å². The molecule has 0 amide bonds. The lowest BCUT2D eigenvalue weighted by atomic mass is 9.92. The van der Waals surface area contributed by atoms with Crippen LogP contribution in [0.1, 0.15) is 20.3 Å². The van der Waals surface area contributed by atoms with Crippen molar-refractivity contribution in [1.29, 1.82) is 5.26 Å². The molecule has 0 saturated heterocycles. The van der Waals surface area contributed by atoms with Gasteiger partial charge in [0.25, 0.3) is 0 Å². The van der Waals surface area contributed by atoms with Gasteiger partial charge in [-0.05, 0) is 13.3 Å². The molecule has 0 aromatic carbocycles. The van der Waals surface area contributed by atoms with E-state index in [9.17, 15) is 0 Å². The second-order valence-electron chi connectivity index (χ2n) is 2.16. The van der Waals surface area contributed by atoms with Crippen molar-refractivity contribution < 1.29 is 0 Å². The Hall–Kier alpha value is -0.220. The topological polar surface area (TPSA) is 23.8 Å². The lowest BCUT2D eigenvalue weighted by Crippen LogP contribution is -2.13. The highest BCUT2D eigenvalue weighted by molar-refractivity contribution is 6.18. The van der Waals surface area contributed by atoms with Gasteiger partial charge < -0.3 is 0 Å². The number of nitrogens with zero attached hydrogens (tertiary/aromatic N) is 1. The Labute approximate surface area is 55.3 Å². The molecule has 0 heterocycles. The minimum absolute atomic E-state index is 0.304. The molecule has 1 atom stereocenters. The summed E-state index contributed by atoms with van der Waals surface area (Å²) < 4.78 is 0. The highest BCUT2D eigenvalue weighted by Crippen LogP contribution is 2.20. The van der Waals surface area contributed by atoms with Crippen molar-refractivity contribution in [3.05, 3.63) is 0 Å². The van der Waals surface area contributed by atoms with Crippen LogP contribution in [0.2, 0.25) is 0 Å². The molecular formula is C6H10ClN. The fourth-order valence-corrected chi connectivity index (χ4v) is 0.452. The standard InChI is InChI=1S/C6H10ClN/c1-3-6(2,4-7)5-8/h3-4H2,1-2H3. The fourth-order valence-electron chi connectivity index (χ4n) is 0.203. The van der Waals surface area contributed by atoms with Crippen molar-refractivity contribution in [1.82, 2.24) is 0 Å². The molecule has 0 bridgehead atoms. The predicted octanol–water partition coefficient (Wildman–Crippen LogP) is 2.17. The Morgan fingerprint density at radius 3 is 2.25 bits per heavy atom. The molecule has 0 spiro atoms. The zero-order chi connectivity index (χ0) is 6.62. The molecule has 0 aromatic rings. The van der Waals surface area contributed by atoms with E-state index in [0.717, 1.165) is 6.42 Å². The van der Waals surface area contributed by atoms with Crippen molar-refractivity contribution in [2.24, 2.45) is 5.41 Å². The third-order valence-corrected chi connectivity index (χ3v) is 1.94. The average Bonchev–Trinajstić information content (AvgIpc) is 1.87. The molecule has 1 nitrogen and oxygen atoms in total. The Morgan fingerprint density at radius 1 is 1.75 bits per heavy atom. The van der Waals surface area contributed by atoms with Crippen molar-refractivity contribution in [2.45, 2.75) is 20.3 Å². The van der Waals surface area contributed by atoms with Gasteiger partial charge in [-0.3, -0.25) is 0 Å². The largest absolute Gasteiger partial charge is 0.198 e. The van der Waals surface area contributed by atoms with Gasteiger partial charge in [-0.1, -0.05) is 6.92 Å². The molecule has 0 fully saturated rings. The summed E-state index contributed by atoms with van der Waals surface area (Å²) in [6.07, 6.45) is 0.826. The van der Waals surface area contributed by atoms with Gasteiger partial charge >= 0.3 is 0 Å². The summed E-state index contributed by atoms with van der Waals surface area (Å²) in [5, 5.41) is 8.45. The Bertz CT molecular complexity index is 99.6. The molecule has 0 saturated carbocycles. The highest BCUT2D eigenvalue weighted by Gasteiger charge is 2.18. The summed E-state index contributed by atoms with van der Waals surface area (Å²) in [5.41, 5.74) is -0.304. The number of hydrogen-bond acceptors (Lipinski definition) is 1. The third-order valence-electron chi connectivity index (χ3n) is 1.35. The molecule has 46 valence electrons. The van der Waals surface area contributed by atoms with Crippen molar-refractivity contribution in [3.8, 4) is 6.07 Å². The van der Waals surface area contributed by atoms with Gasteiger partial charge in [0.1, 0.15) is 0 Å². The van der Waals surface area contributed by atoms with Crippen LogP contribution in [0.15, 0.2) is 0 Å². The molecule has 0 radical (unpaired) electrons. The number of nitriles is 1. The maximum absolute atomic E-state index is 8.45. The van der Waals surface area contributed by atoms with Crippen LogP contribution < -0.4 is 0 Å². The highest BCUT2D eigenvalue weighted by atomic mass is 35.5. The molecular weight excluding hydrogens is 122 g/mol. The number of hydrogen-bond donors (Lipinski definition) is 0.